The van der Waals surface area contributed by atoms with E-state index in [4.69, 9.17) is 19.7 Å². The molecule has 0 saturated heterocycles. The summed E-state index contributed by atoms with van der Waals surface area (Å²) in [4.78, 5) is 33.9. The highest BCUT2D eigenvalue weighted by atomic mass is 32.2. The van der Waals surface area contributed by atoms with Gasteiger partial charge in [-0.3, -0.25) is 19.1 Å². The minimum absolute atomic E-state index is 0.0156. The highest BCUT2D eigenvalue weighted by molar-refractivity contribution is 7.92. The molecule has 0 aliphatic heterocycles. The summed E-state index contributed by atoms with van der Waals surface area (Å²) in [5.41, 5.74) is 5.93. The third-order valence-corrected chi connectivity index (χ3v) is 17.9. The van der Waals surface area contributed by atoms with E-state index >= 15 is 0 Å². The lowest BCUT2D eigenvalue weighted by atomic mass is 9.66. The van der Waals surface area contributed by atoms with Crippen molar-refractivity contribution in [1.29, 1.82) is 0 Å². The first kappa shape index (κ1) is 80.4. The van der Waals surface area contributed by atoms with Gasteiger partial charge in [-0.05, 0) is 153 Å². The molecular weight excluding hydrogens is 1260 g/mol. The predicted molar refractivity (Wildman–Crippen MR) is 381 cm³/mol. The van der Waals surface area contributed by atoms with Crippen LogP contribution in [0, 0.1) is 41.3 Å². The Morgan fingerprint density at radius 2 is 1.31 bits per heavy atom. The summed E-state index contributed by atoms with van der Waals surface area (Å²) in [5, 5.41) is 91.1. The molecule has 5 aromatic carbocycles. The second-order valence-electron chi connectivity index (χ2n) is 26.9. The van der Waals surface area contributed by atoms with E-state index in [1.165, 1.54) is 12.1 Å². The Bertz CT molecular complexity index is 3620. The number of aliphatic hydroxyl groups excluding tert-OH is 7. The molecule has 6 aromatic rings. The van der Waals surface area contributed by atoms with Crippen LogP contribution in [0.15, 0.2) is 145 Å². The van der Waals surface area contributed by atoms with Crippen LogP contribution >= 0.6 is 0 Å². The van der Waals surface area contributed by atoms with Crippen LogP contribution in [0.25, 0.3) is 38.9 Å². The van der Waals surface area contributed by atoms with Gasteiger partial charge in [-0.2, -0.15) is 0 Å². The first-order valence-electron chi connectivity index (χ1n) is 33.9. The van der Waals surface area contributed by atoms with Crippen molar-refractivity contribution in [3.8, 4) is 16.9 Å². The van der Waals surface area contributed by atoms with Crippen LogP contribution < -0.4 is 9.46 Å². The molecule has 3 unspecified atom stereocenters. The largest absolute Gasteiger partial charge is 0.490 e. The fraction of sp³-hybridized carbons (Fsp3) is 0.494. The van der Waals surface area contributed by atoms with E-state index in [9.17, 15) is 62.9 Å². The second-order valence-corrected chi connectivity index (χ2v) is 28.7. The number of aromatic nitrogens is 1. The lowest BCUT2D eigenvalue weighted by molar-refractivity contribution is -0.159. The van der Waals surface area contributed by atoms with Crippen molar-refractivity contribution in [2.24, 2.45) is 35.5 Å². The number of esters is 1. The Morgan fingerprint density at radius 3 is 1.92 bits per heavy atom. The Hall–Kier alpha value is -7.27. The normalized spacial score (nSPS) is 19.0. The summed E-state index contributed by atoms with van der Waals surface area (Å²) in [6, 6.07) is 35.3. The number of fused-ring (bicyclic) bond motifs is 3. The Morgan fingerprint density at radius 1 is 0.711 bits per heavy atom. The van der Waals surface area contributed by atoms with Crippen LogP contribution in [-0.2, 0) is 29.1 Å². The van der Waals surface area contributed by atoms with Crippen molar-refractivity contribution in [2.75, 3.05) is 17.6 Å². The molecule has 18 nitrogen and oxygen atoms in total. The standard InChI is InChI=1S/C24H26FNO4.C23H36O7.C17H22O2.C13H21NO3S/c1-15(2)26-21-6-4-3-5-20(21)24(16-7-9-17(25)10-8-16)22(26)12-11-18(27)13-19(28)14-23(29)30;1-4-13(2)23(29)30-20-11-17(25)9-15-6-5-14(3)19(22(15)20)8-7-16(24)10-18(26)12-21(27)28;1-13(2)10-11-15(18)12-19-17-9-5-7-14-6-3-4-8-16(14)17;1-10(2)4-9-13(15)11-5-7-12(8-6-11)14-18(3,16)17/h3-12,15,18-19,27-28H,13-14H2,1-2H3,(H,29,30);5-6,9,13-14,16-20,22,24-26H,4,7-8,10-12H2,1-3H3,(H,27,28);3-9,13,15,18H,10-12H2,1-2H3;5-8,10,13-15H,4,9H2,1-3H3/b12-11+;;;/t18-,19-;13-,14-,16+,17+,18+,19?,20-,22-;;/m00../s1. The van der Waals surface area contributed by atoms with Gasteiger partial charge in [0.2, 0.25) is 10.0 Å². The number of hydrogen-bond donors (Lipinski definition) is 10. The number of hydrogen-bond acceptors (Lipinski definition) is 14. The van der Waals surface area contributed by atoms with E-state index in [0.717, 1.165) is 87.3 Å². The number of benzene rings is 5. The van der Waals surface area contributed by atoms with Crippen LogP contribution in [0.2, 0.25) is 0 Å². The number of allylic oxidation sites excluding steroid dienone is 2. The van der Waals surface area contributed by atoms with E-state index in [1.807, 2.05) is 80.6 Å². The van der Waals surface area contributed by atoms with Gasteiger partial charge < -0.3 is 60.0 Å². The monoisotopic (exact) mass is 1360 g/mol. The van der Waals surface area contributed by atoms with E-state index in [1.54, 1.807) is 48.6 Å². The number of ether oxygens (including phenoxy) is 2. The molecule has 2 aliphatic rings. The quantitative estimate of drug-likeness (QED) is 0.0187. The number of para-hydroxylation sites is 1. The van der Waals surface area contributed by atoms with Crippen LogP contribution in [-0.4, -0.2) is 132 Å². The molecule has 10 N–H and O–H groups in total. The van der Waals surface area contributed by atoms with Gasteiger partial charge >= 0.3 is 17.9 Å². The molecule has 2 aliphatic carbocycles. The van der Waals surface area contributed by atoms with Crippen molar-refractivity contribution in [3.05, 3.63) is 162 Å². The van der Waals surface area contributed by atoms with Crippen molar-refractivity contribution in [3.63, 3.8) is 0 Å². The summed E-state index contributed by atoms with van der Waals surface area (Å²) in [7, 11) is -3.24. The first-order valence-corrected chi connectivity index (χ1v) is 35.8. The summed E-state index contributed by atoms with van der Waals surface area (Å²) < 4.78 is 51.7. The fourth-order valence-electron chi connectivity index (χ4n) is 12.0. The number of aliphatic hydroxyl groups is 7. The van der Waals surface area contributed by atoms with Gasteiger partial charge in [0.05, 0.1) is 67.7 Å². The van der Waals surface area contributed by atoms with Crippen molar-refractivity contribution in [2.45, 2.75) is 194 Å². The van der Waals surface area contributed by atoms with E-state index in [0.29, 0.717) is 49.8 Å². The number of aliphatic carboxylic acids is 2. The van der Waals surface area contributed by atoms with Gasteiger partial charge in [0.15, 0.2) is 0 Å². The minimum Gasteiger partial charge on any atom is -0.490 e. The lowest BCUT2D eigenvalue weighted by Gasteiger charge is -2.43. The van der Waals surface area contributed by atoms with E-state index in [2.05, 4.69) is 76.0 Å². The van der Waals surface area contributed by atoms with Gasteiger partial charge in [-0.25, -0.2) is 12.8 Å². The number of sulfonamides is 1. The number of nitrogens with one attached hydrogen (secondary N) is 1. The zero-order chi connectivity index (χ0) is 71.7. The third-order valence-electron chi connectivity index (χ3n) is 17.3. The summed E-state index contributed by atoms with van der Waals surface area (Å²) in [6.45, 7) is 18.9. The van der Waals surface area contributed by atoms with Crippen molar-refractivity contribution >= 4 is 61.4 Å². The lowest BCUT2D eigenvalue weighted by Crippen LogP contribution is -2.43. The minimum atomic E-state index is -3.24. The maximum Gasteiger partial charge on any atom is 0.308 e. The van der Waals surface area contributed by atoms with Gasteiger partial charge in [-0.1, -0.05) is 152 Å². The molecule has 0 radical (unpaired) electrons. The van der Waals surface area contributed by atoms with Crippen LogP contribution in [0.4, 0.5) is 10.1 Å². The van der Waals surface area contributed by atoms with Gasteiger partial charge in [-0.15, -0.1) is 0 Å². The number of halogens is 1. The molecular formula is C77H105FN2O16S. The summed E-state index contributed by atoms with van der Waals surface area (Å²) in [5.74, 6) is -0.709. The Balaban J connectivity index is 0.000000240. The molecule has 0 amide bonds. The number of carboxylic acids is 2. The Labute approximate surface area is 572 Å². The highest BCUT2D eigenvalue weighted by Gasteiger charge is 2.42. The van der Waals surface area contributed by atoms with E-state index < -0.39 is 71.1 Å². The van der Waals surface area contributed by atoms with E-state index in [-0.39, 0.29) is 66.9 Å². The molecule has 1 aromatic heterocycles. The summed E-state index contributed by atoms with van der Waals surface area (Å²) in [6.07, 6.45) is 9.10. The molecule has 0 bridgehead atoms. The molecule has 8 rings (SSSR count). The molecule has 1 heterocycles. The fourth-order valence-corrected chi connectivity index (χ4v) is 12.6. The Kier molecular flexibility index (Phi) is 32.6. The molecule has 0 spiro atoms. The molecule has 0 fully saturated rings. The van der Waals surface area contributed by atoms with Crippen LogP contribution in [0.1, 0.15) is 163 Å². The number of carbonyl (C=O) groups excluding carboxylic acids is 1. The predicted octanol–water partition coefficient (Wildman–Crippen LogP) is 13.6. The average Bonchev–Trinajstić information content (AvgIpc) is 1.65. The smallest absolute Gasteiger partial charge is 0.308 e. The number of nitrogens with zero attached hydrogens (tertiary/aromatic N) is 1. The molecule has 532 valence electrons. The first-order chi connectivity index (χ1) is 45.8. The third kappa shape index (κ3) is 26.8. The maximum absolute atomic E-state index is 13.5. The second kappa shape index (κ2) is 39.4. The number of rotatable bonds is 30. The number of anilines is 1. The highest BCUT2D eigenvalue weighted by Crippen LogP contribution is 2.44. The van der Waals surface area contributed by atoms with Crippen LogP contribution in [0.3, 0.4) is 0 Å². The van der Waals surface area contributed by atoms with Crippen molar-refractivity contribution in [1.82, 2.24) is 4.57 Å². The van der Waals surface area contributed by atoms with Crippen molar-refractivity contribution < 1.29 is 82.6 Å². The van der Waals surface area contributed by atoms with Gasteiger partial charge in [0.25, 0.3) is 0 Å². The molecule has 20 heteroatoms. The zero-order valence-electron chi connectivity index (χ0n) is 57.8. The van der Waals surface area contributed by atoms with Gasteiger partial charge in [0, 0.05) is 58.0 Å². The average molecular weight is 1370 g/mol. The molecule has 12 atom stereocenters. The number of carbonyl (C=O) groups is 3. The topological polar surface area (TPSA) is 303 Å². The summed E-state index contributed by atoms with van der Waals surface area (Å²) >= 11 is 0. The number of carboxylic acid groups (broad SMARTS) is 2. The van der Waals surface area contributed by atoms with Crippen LogP contribution in [0.5, 0.6) is 5.75 Å². The maximum atomic E-state index is 13.5. The van der Waals surface area contributed by atoms with Gasteiger partial charge in [0.1, 0.15) is 24.3 Å². The SMILES string of the molecule is CC(C)CCC(O)COc1cccc2ccccc12.CC(C)CCC(O)c1ccc(NS(C)(=O)=O)cc1.CC(C)n1c(/C=C/[C@H](O)C[C@H](O)CC(=O)O)c(-c2ccc(F)cc2)c2ccccc21.CC[C@H](C)C(=O)O[C@H]1C[C@H](O)C=C2C=C[C@H](C)C(CC[C@@H](O)C[C@@H](O)CC(=O)O)[C@H]21. The molecule has 97 heavy (non-hydrogen) atoms. The molecule has 0 saturated carbocycles. The zero-order valence-corrected chi connectivity index (χ0v) is 58.6.